The summed E-state index contributed by atoms with van der Waals surface area (Å²) in [5, 5.41) is 0. The molecule has 20 heavy (non-hydrogen) atoms. The summed E-state index contributed by atoms with van der Waals surface area (Å²) < 4.78 is 0. The van der Waals surface area contributed by atoms with Crippen molar-refractivity contribution < 1.29 is 4.79 Å². The second kappa shape index (κ2) is 6.46. The maximum atomic E-state index is 12.7. The number of likely N-dealkylation sites (tertiary alicyclic amines) is 1. The summed E-state index contributed by atoms with van der Waals surface area (Å²) >= 11 is 0. The fourth-order valence-electron chi connectivity index (χ4n) is 4.77. The third kappa shape index (κ3) is 3.03. The molecule has 0 radical (unpaired) electrons. The molecule has 3 atom stereocenters. The highest BCUT2D eigenvalue weighted by Gasteiger charge is 2.36. The number of amides is 1. The van der Waals surface area contributed by atoms with Crippen LogP contribution in [0.3, 0.4) is 0 Å². The highest BCUT2D eigenvalue weighted by atomic mass is 16.2. The molecule has 3 fully saturated rings. The average Bonchev–Trinajstić information content (AvgIpc) is 3.09. The summed E-state index contributed by atoms with van der Waals surface area (Å²) in [5.41, 5.74) is 6.13. The molecule has 2 saturated carbocycles. The van der Waals surface area contributed by atoms with Crippen molar-refractivity contribution in [3.8, 4) is 0 Å². The van der Waals surface area contributed by atoms with E-state index >= 15 is 0 Å². The monoisotopic (exact) mass is 278 g/mol. The van der Waals surface area contributed by atoms with Crippen molar-refractivity contribution in [2.45, 2.75) is 82.7 Å². The number of nitrogens with two attached hydrogens (primary N) is 1. The highest BCUT2D eigenvalue weighted by molar-refractivity contribution is 5.77. The van der Waals surface area contributed by atoms with Crippen molar-refractivity contribution in [2.75, 3.05) is 6.54 Å². The van der Waals surface area contributed by atoms with Crippen LogP contribution >= 0.6 is 0 Å². The smallest absolute Gasteiger partial charge is 0.223 e. The lowest BCUT2D eigenvalue weighted by atomic mass is 9.82. The minimum absolute atomic E-state index is 0.273. The molecule has 0 spiro atoms. The van der Waals surface area contributed by atoms with Crippen molar-refractivity contribution in [3.63, 3.8) is 0 Å². The Hall–Kier alpha value is -0.570. The maximum absolute atomic E-state index is 12.7. The van der Waals surface area contributed by atoms with E-state index in [1.165, 1.54) is 51.4 Å². The SMILES string of the molecule is N[C@@H]1CCC[C@H]1CC(=O)N1CCCC1C1CCCCC1. The van der Waals surface area contributed by atoms with Crippen LogP contribution in [0.2, 0.25) is 0 Å². The lowest BCUT2D eigenvalue weighted by Gasteiger charge is -2.34. The number of carbonyl (C=O) groups is 1. The predicted octanol–water partition coefficient (Wildman–Crippen LogP) is 3.08. The highest BCUT2D eigenvalue weighted by Crippen LogP contribution is 2.35. The molecule has 2 N–H and O–H groups in total. The fourth-order valence-corrected chi connectivity index (χ4v) is 4.77. The molecule has 3 nitrogen and oxygen atoms in total. The lowest BCUT2D eigenvalue weighted by molar-refractivity contribution is -0.134. The predicted molar refractivity (Wildman–Crippen MR) is 81.2 cm³/mol. The van der Waals surface area contributed by atoms with Crippen LogP contribution in [-0.4, -0.2) is 29.4 Å². The maximum Gasteiger partial charge on any atom is 0.223 e. The van der Waals surface area contributed by atoms with Gasteiger partial charge in [-0.3, -0.25) is 4.79 Å². The molecule has 0 aromatic carbocycles. The quantitative estimate of drug-likeness (QED) is 0.862. The average molecular weight is 278 g/mol. The van der Waals surface area contributed by atoms with Gasteiger partial charge in [0.25, 0.3) is 0 Å². The van der Waals surface area contributed by atoms with Gasteiger partial charge in [-0.25, -0.2) is 0 Å². The zero-order valence-corrected chi connectivity index (χ0v) is 12.7. The van der Waals surface area contributed by atoms with Crippen molar-refractivity contribution in [2.24, 2.45) is 17.6 Å². The molecule has 0 aromatic rings. The Morgan fingerprint density at radius 2 is 1.75 bits per heavy atom. The molecule has 2 aliphatic carbocycles. The van der Waals surface area contributed by atoms with Gasteiger partial charge in [0.05, 0.1) is 0 Å². The van der Waals surface area contributed by atoms with Gasteiger partial charge in [-0.05, 0) is 50.4 Å². The molecule has 1 heterocycles. The van der Waals surface area contributed by atoms with Gasteiger partial charge in [-0.1, -0.05) is 25.7 Å². The Morgan fingerprint density at radius 3 is 2.45 bits per heavy atom. The Bertz CT molecular complexity index is 338. The van der Waals surface area contributed by atoms with Gasteiger partial charge in [0.15, 0.2) is 0 Å². The number of rotatable bonds is 3. The Balaban J connectivity index is 1.58. The summed E-state index contributed by atoms with van der Waals surface area (Å²) in [5.74, 6) is 1.64. The normalized spacial score (nSPS) is 35.6. The molecule has 3 heteroatoms. The topological polar surface area (TPSA) is 46.3 Å². The molecular formula is C17H30N2O. The van der Waals surface area contributed by atoms with Crippen LogP contribution in [0.5, 0.6) is 0 Å². The van der Waals surface area contributed by atoms with E-state index in [0.717, 1.165) is 25.3 Å². The Kier molecular flexibility index (Phi) is 4.65. The fraction of sp³-hybridized carbons (Fsp3) is 0.941. The van der Waals surface area contributed by atoms with Gasteiger partial charge < -0.3 is 10.6 Å². The summed E-state index contributed by atoms with van der Waals surface area (Å²) in [6.45, 7) is 1.00. The van der Waals surface area contributed by atoms with E-state index in [9.17, 15) is 4.79 Å². The first-order valence-electron chi connectivity index (χ1n) is 8.81. The number of hydrogen-bond acceptors (Lipinski definition) is 2. The van der Waals surface area contributed by atoms with Crippen LogP contribution in [-0.2, 0) is 4.79 Å². The van der Waals surface area contributed by atoms with Gasteiger partial charge in [0, 0.05) is 25.0 Å². The summed E-state index contributed by atoms with van der Waals surface area (Å²) in [4.78, 5) is 14.9. The van der Waals surface area contributed by atoms with Gasteiger partial charge >= 0.3 is 0 Å². The Morgan fingerprint density at radius 1 is 0.950 bits per heavy atom. The molecular weight excluding hydrogens is 248 g/mol. The van der Waals surface area contributed by atoms with Gasteiger partial charge in [-0.2, -0.15) is 0 Å². The van der Waals surface area contributed by atoms with Crippen molar-refractivity contribution in [1.82, 2.24) is 4.90 Å². The molecule has 1 unspecified atom stereocenters. The van der Waals surface area contributed by atoms with Crippen LogP contribution in [0.25, 0.3) is 0 Å². The van der Waals surface area contributed by atoms with Crippen molar-refractivity contribution in [1.29, 1.82) is 0 Å². The van der Waals surface area contributed by atoms with Gasteiger partial charge in [0.2, 0.25) is 5.91 Å². The third-order valence-corrected chi connectivity index (χ3v) is 5.97. The number of carbonyl (C=O) groups excluding carboxylic acids is 1. The zero-order valence-electron chi connectivity index (χ0n) is 12.7. The molecule has 0 aromatic heterocycles. The van der Waals surface area contributed by atoms with E-state index < -0.39 is 0 Å². The number of hydrogen-bond donors (Lipinski definition) is 1. The van der Waals surface area contributed by atoms with E-state index in [2.05, 4.69) is 4.90 Å². The van der Waals surface area contributed by atoms with Crippen LogP contribution in [0.15, 0.2) is 0 Å². The molecule has 3 aliphatic rings. The van der Waals surface area contributed by atoms with E-state index in [4.69, 9.17) is 5.73 Å². The molecule has 0 bridgehead atoms. The van der Waals surface area contributed by atoms with Gasteiger partial charge in [-0.15, -0.1) is 0 Å². The first-order chi connectivity index (χ1) is 9.75. The first kappa shape index (κ1) is 14.4. The van der Waals surface area contributed by atoms with Crippen LogP contribution in [0.1, 0.15) is 70.6 Å². The van der Waals surface area contributed by atoms with Crippen LogP contribution in [0, 0.1) is 11.8 Å². The van der Waals surface area contributed by atoms with E-state index in [-0.39, 0.29) is 6.04 Å². The molecule has 1 saturated heterocycles. The minimum Gasteiger partial charge on any atom is -0.339 e. The largest absolute Gasteiger partial charge is 0.339 e. The zero-order chi connectivity index (χ0) is 13.9. The minimum atomic E-state index is 0.273. The van der Waals surface area contributed by atoms with Crippen LogP contribution in [0.4, 0.5) is 0 Å². The molecule has 1 amide bonds. The Labute approximate surface area is 123 Å². The van der Waals surface area contributed by atoms with Gasteiger partial charge in [0.1, 0.15) is 0 Å². The second-order valence-corrected chi connectivity index (χ2v) is 7.25. The molecule has 114 valence electrons. The van der Waals surface area contributed by atoms with E-state index in [1.54, 1.807) is 0 Å². The van der Waals surface area contributed by atoms with Crippen molar-refractivity contribution in [3.05, 3.63) is 0 Å². The summed E-state index contributed by atoms with van der Waals surface area (Å²) in [6.07, 6.45) is 13.5. The van der Waals surface area contributed by atoms with Crippen molar-refractivity contribution >= 4 is 5.91 Å². The standard InChI is InChI=1S/C17H30N2O/c18-15-9-4-8-14(15)12-17(20)19-11-5-10-16(19)13-6-2-1-3-7-13/h13-16H,1-12,18H2/t14-,15+,16?/m0/s1. The first-order valence-corrected chi connectivity index (χ1v) is 8.81. The molecule has 1 aliphatic heterocycles. The van der Waals surface area contributed by atoms with Crippen LogP contribution < -0.4 is 5.73 Å². The summed E-state index contributed by atoms with van der Waals surface area (Å²) in [6, 6.07) is 0.829. The molecule has 3 rings (SSSR count). The van der Waals surface area contributed by atoms with E-state index in [0.29, 0.717) is 24.3 Å². The second-order valence-electron chi connectivity index (χ2n) is 7.25. The number of nitrogens with zero attached hydrogens (tertiary/aromatic N) is 1. The lowest BCUT2D eigenvalue weighted by Crippen LogP contribution is -2.42. The van der Waals surface area contributed by atoms with E-state index in [1.807, 2.05) is 0 Å². The summed E-state index contributed by atoms with van der Waals surface area (Å²) in [7, 11) is 0. The third-order valence-electron chi connectivity index (χ3n) is 5.97.